The maximum atomic E-state index is 12.8. The molecule has 0 spiro atoms. The standard InChI is InChI=1S/C9H12FNO/c1-2-12-6-7-3-4-9(11)8(10)5-7/h3-5H,2,6,11H2,1H3. The first-order valence-corrected chi connectivity index (χ1v) is 3.85. The highest BCUT2D eigenvalue weighted by molar-refractivity contribution is 5.41. The van der Waals surface area contributed by atoms with Crippen LogP contribution in [-0.2, 0) is 11.3 Å². The zero-order valence-electron chi connectivity index (χ0n) is 7.01. The second kappa shape index (κ2) is 4.07. The van der Waals surface area contributed by atoms with Gasteiger partial charge in [-0.15, -0.1) is 0 Å². The molecule has 1 rings (SSSR count). The lowest BCUT2D eigenvalue weighted by atomic mass is 10.2. The van der Waals surface area contributed by atoms with E-state index in [-0.39, 0.29) is 11.5 Å². The zero-order chi connectivity index (χ0) is 8.97. The van der Waals surface area contributed by atoms with Crippen molar-refractivity contribution in [1.82, 2.24) is 0 Å². The minimum absolute atomic E-state index is 0.176. The Morgan fingerprint density at radius 2 is 2.25 bits per heavy atom. The Kier molecular flexibility index (Phi) is 3.05. The Labute approximate surface area is 71.1 Å². The van der Waals surface area contributed by atoms with Crippen molar-refractivity contribution in [3.63, 3.8) is 0 Å². The fourth-order valence-electron chi connectivity index (χ4n) is 0.880. The van der Waals surface area contributed by atoms with E-state index in [1.165, 1.54) is 6.07 Å². The molecule has 0 bridgehead atoms. The maximum Gasteiger partial charge on any atom is 0.146 e. The van der Waals surface area contributed by atoms with Crippen LogP contribution in [0.5, 0.6) is 0 Å². The van der Waals surface area contributed by atoms with E-state index in [1.54, 1.807) is 12.1 Å². The number of nitrogen functional groups attached to an aromatic ring is 1. The van der Waals surface area contributed by atoms with Gasteiger partial charge in [0.05, 0.1) is 12.3 Å². The molecule has 0 saturated carbocycles. The van der Waals surface area contributed by atoms with Crippen LogP contribution in [0.25, 0.3) is 0 Å². The first-order chi connectivity index (χ1) is 5.74. The Morgan fingerprint density at radius 1 is 1.50 bits per heavy atom. The van der Waals surface area contributed by atoms with Crippen molar-refractivity contribution in [2.24, 2.45) is 0 Å². The van der Waals surface area contributed by atoms with Gasteiger partial charge in [-0.3, -0.25) is 0 Å². The highest BCUT2D eigenvalue weighted by Gasteiger charge is 1.98. The lowest BCUT2D eigenvalue weighted by molar-refractivity contribution is 0.134. The molecule has 0 saturated heterocycles. The van der Waals surface area contributed by atoms with Crippen LogP contribution < -0.4 is 5.73 Å². The van der Waals surface area contributed by atoms with E-state index in [0.29, 0.717) is 13.2 Å². The molecule has 0 heterocycles. The first-order valence-electron chi connectivity index (χ1n) is 3.85. The average molecular weight is 169 g/mol. The Bertz CT molecular complexity index is 263. The van der Waals surface area contributed by atoms with Gasteiger partial charge in [0.2, 0.25) is 0 Å². The summed E-state index contributed by atoms with van der Waals surface area (Å²) in [6, 6.07) is 4.70. The van der Waals surface area contributed by atoms with E-state index in [9.17, 15) is 4.39 Å². The van der Waals surface area contributed by atoms with Crippen molar-refractivity contribution in [2.45, 2.75) is 13.5 Å². The van der Waals surface area contributed by atoms with Gasteiger partial charge in [-0.25, -0.2) is 4.39 Å². The van der Waals surface area contributed by atoms with E-state index < -0.39 is 0 Å². The van der Waals surface area contributed by atoms with Crippen molar-refractivity contribution < 1.29 is 9.13 Å². The van der Waals surface area contributed by atoms with Crippen LogP contribution in [-0.4, -0.2) is 6.61 Å². The minimum Gasteiger partial charge on any atom is -0.396 e. The topological polar surface area (TPSA) is 35.2 Å². The molecule has 3 heteroatoms. The van der Waals surface area contributed by atoms with Crippen molar-refractivity contribution >= 4 is 5.69 Å². The van der Waals surface area contributed by atoms with Crippen molar-refractivity contribution in [3.05, 3.63) is 29.6 Å². The predicted molar refractivity (Wildman–Crippen MR) is 46.1 cm³/mol. The molecule has 0 amide bonds. The van der Waals surface area contributed by atoms with Crippen LogP contribution in [0, 0.1) is 5.82 Å². The van der Waals surface area contributed by atoms with Crippen molar-refractivity contribution in [3.8, 4) is 0 Å². The summed E-state index contributed by atoms with van der Waals surface area (Å²) in [6.45, 7) is 2.97. The Hall–Kier alpha value is -1.09. The van der Waals surface area contributed by atoms with E-state index >= 15 is 0 Å². The predicted octanol–water partition coefficient (Wildman–Crippen LogP) is 1.94. The van der Waals surface area contributed by atoms with Gasteiger partial charge in [-0.2, -0.15) is 0 Å². The molecule has 0 radical (unpaired) electrons. The molecule has 12 heavy (non-hydrogen) atoms. The van der Waals surface area contributed by atoms with Crippen molar-refractivity contribution in [2.75, 3.05) is 12.3 Å². The third-order valence-electron chi connectivity index (χ3n) is 1.54. The van der Waals surface area contributed by atoms with Gasteiger partial charge in [0.1, 0.15) is 5.82 Å². The molecule has 2 nitrogen and oxygen atoms in total. The fraction of sp³-hybridized carbons (Fsp3) is 0.333. The smallest absolute Gasteiger partial charge is 0.146 e. The molecule has 0 aliphatic heterocycles. The Balaban J connectivity index is 2.69. The van der Waals surface area contributed by atoms with Crippen LogP contribution >= 0.6 is 0 Å². The number of hydrogen-bond acceptors (Lipinski definition) is 2. The molecule has 1 aromatic rings. The number of anilines is 1. The van der Waals surface area contributed by atoms with Crippen LogP contribution in [0.1, 0.15) is 12.5 Å². The molecular weight excluding hydrogens is 157 g/mol. The third kappa shape index (κ3) is 2.20. The monoisotopic (exact) mass is 169 g/mol. The number of nitrogens with two attached hydrogens (primary N) is 1. The first kappa shape index (κ1) is 9.00. The minimum atomic E-state index is -0.382. The average Bonchev–Trinajstić information content (AvgIpc) is 2.07. The molecule has 0 aliphatic rings. The molecule has 0 aromatic heterocycles. The normalized spacial score (nSPS) is 10.2. The van der Waals surface area contributed by atoms with E-state index in [0.717, 1.165) is 5.56 Å². The SMILES string of the molecule is CCOCc1ccc(N)c(F)c1. The van der Waals surface area contributed by atoms with Gasteiger partial charge < -0.3 is 10.5 Å². The quantitative estimate of drug-likeness (QED) is 0.702. The Morgan fingerprint density at radius 3 is 2.83 bits per heavy atom. The van der Waals surface area contributed by atoms with Gasteiger partial charge in [0.25, 0.3) is 0 Å². The maximum absolute atomic E-state index is 12.8. The molecule has 0 unspecified atom stereocenters. The molecule has 66 valence electrons. The number of ether oxygens (including phenoxy) is 1. The number of rotatable bonds is 3. The van der Waals surface area contributed by atoms with Crippen LogP contribution in [0.2, 0.25) is 0 Å². The largest absolute Gasteiger partial charge is 0.396 e. The lowest BCUT2D eigenvalue weighted by Crippen LogP contribution is -1.95. The van der Waals surface area contributed by atoms with Crippen molar-refractivity contribution in [1.29, 1.82) is 0 Å². The zero-order valence-corrected chi connectivity index (χ0v) is 7.01. The third-order valence-corrected chi connectivity index (χ3v) is 1.54. The number of halogens is 1. The second-order valence-corrected chi connectivity index (χ2v) is 2.49. The van der Waals surface area contributed by atoms with Gasteiger partial charge in [0, 0.05) is 6.61 Å². The summed E-state index contributed by atoms with van der Waals surface area (Å²) in [5.74, 6) is -0.382. The summed E-state index contributed by atoms with van der Waals surface area (Å²) in [6.07, 6.45) is 0. The summed E-state index contributed by atoms with van der Waals surface area (Å²) in [5, 5.41) is 0. The summed E-state index contributed by atoms with van der Waals surface area (Å²) >= 11 is 0. The highest BCUT2D eigenvalue weighted by Crippen LogP contribution is 2.12. The van der Waals surface area contributed by atoms with E-state index in [1.807, 2.05) is 6.92 Å². The molecule has 0 atom stereocenters. The van der Waals surface area contributed by atoms with Crippen LogP contribution in [0.4, 0.5) is 10.1 Å². The van der Waals surface area contributed by atoms with Crippen LogP contribution in [0.15, 0.2) is 18.2 Å². The van der Waals surface area contributed by atoms with Crippen LogP contribution in [0.3, 0.4) is 0 Å². The summed E-state index contributed by atoms with van der Waals surface area (Å²) in [5.41, 5.74) is 6.29. The summed E-state index contributed by atoms with van der Waals surface area (Å²) in [7, 11) is 0. The number of benzene rings is 1. The molecular formula is C9H12FNO. The van der Waals surface area contributed by atoms with E-state index in [2.05, 4.69) is 0 Å². The van der Waals surface area contributed by atoms with Gasteiger partial charge >= 0.3 is 0 Å². The molecule has 0 aliphatic carbocycles. The molecule has 0 fully saturated rings. The fourth-order valence-corrected chi connectivity index (χ4v) is 0.880. The molecule has 2 N–H and O–H groups in total. The lowest BCUT2D eigenvalue weighted by Gasteiger charge is -2.02. The van der Waals surface area contributed by atoms with Gasteiger partial charge in [0.15, 0.2) is 0 Å². The summed E-state index contributed by atoms with van der Waals surface area (Å²) in [4.78, 5) is 0. The number of hydrogen-bond donors (Lipinski definition) is 1. The van der Waals surface area contributed by atoms with Gasteiger partial charge in [-0.05, 0) is 24.6 Å². The highest BCUT2D eigenvalue weighted by atomic mass is 19.1. The molecule has 1 aromatic carbocycles. The second-order valence-electron chi connectivity index (χ2n) is 2.49. The van der Waals surface area contributed by atoms with Gasteiger partial charge in [-0.1, -0.05) is 6.07 Å². The summed E-state index contributed by atoms with van der Waals surface area (Å²) < 4.78 is 17.9. The van der Waals surface area contributed by atoms with E-state index in [4.69, 9.17) is 10.5 Å².